The molecule has 5 aromatic rings. The fraction of sp³-hybridized carbons (Fsp3) is 0.136. The second-order valence-corrected chi connectivity index (χ2v) is 6.61. The Balaban J connectivity index is 1.73. The Morgan fingerprint density at radius 1 is 0.867 bits per heavy atom. The number of methoxy groups -OCH3 is 3. The number of nitrogens with one attached hydrogen (secondary N) is 1. The average Bonchev–Trinajstić information content (AvgIpc) is 3.41. The van der Waals surface area contributed by atoms with Crippen molar-refractivity contribution in [3.63, 3.8) is 0 Å². The first-order valence-electron chi connectivity index (χ1n) is 9.32. The molecule has 0 spiro atoms. The largest absolute Gasteiger partial charge is 0.493 e. The van der Waals surface area contributed by atoms with Gasteiger partial charge in [0.25, 0.3) is 5.78 Å². The van der Waals surface area contributed by atoms with E-state index in [0.717, 1.165) is 27.7 Å². The molecule has 0 aliphatic carbocycles. The molecular formula is C22H19N5O3. The molecule has 0 saturated heterocycles. The lowest BCUT2D eigenvalue weighted by atomic mass is 10.1. The van der Waals surface area contributed by atoms with Gasteiger partial charge in [0.1, 0.15) is 0 Å². The maximum Gasteiger partial charge on any atom is 0.253 e. The number of ether oxygens (including phenoxy) is 3. The third-order valence-corrected chi connectivity index (χ3v) is 5.05. The number of fused-ring (bicyclic) bond motifs is 2. The van der Waals surface area contributed by atoms with Gasteiger partial charge in [0, 0.05) is 34.4 Å². The molecule has 3 aromatic heterocycles. The van der Waals surface area contributed by atoms with E-state index < -0.39 is 0 Å². The summed E-state index contributed by atoms with van der Waals surface area (Å²) in [7, 11) is 4.77. The van der Waals surface area contributed by atoms with Gasteiger partial charge in [-0.2, -0.15) is 9.50 Å². The molecule has 5 rings (SSSR count). The summed E-state index contributed by atoms with van der Waals surface area (Å²) < 4.78 is 18.3. The van der Waals surface area contributed by atoms with Gasteiger partial charge < -0.3 is 19.2 Å². The minimum absolute atomic E-state index is 0.490. The van der Waals surface area contributed by atoms with Gasteiger partial charge in [-0.3, -0.25) is 0 Å². The molecule has 0 fully saturated rings. The Labute approximate surface area is 172 Å². The van der Waals surface area contributed by atoms with Crippen LogP contribution in [0.3, 0.4) is 0 Å². The van der Waals surface area contributed by atoms with Crippen LogP contribution in [0.2, 0.25) is 0 Å². The molecule has 1 N–H and O–H groups in total. The number of benzene rings is 2. The lowest BCUT2D eigenvalue weighted by molar-refractivity contribution is 0.325. The summed E-state index contributed by atoms with van der Waals surface area (Å²) in [5, 5.41) is 5.80. The van der Waals surface area contributed by atoms with Gasteiger partial charge in [-0.15, -0.1) is 5.10 Å². The minimum atomic E-state index is 0.490. The SMILES string of the molecule is COc1ccc(-c2ccnc3nc(-c4c[nH]c5ccccc45)nn23)c(OC)c1OC. The van der Waals surface area contributed by atoms with Crippen molar-refractivity contribution in [3.05, 3.63) is 54.9 Å². The van der Waals surface area contributed by atoms with E-state index in [0.29, 0.717) is 28.9 Å². The minimum Gasteiger partial charge on any atom is -0.493 e. The second-order valence-electron chi connectivity index (χ2n) is 6.61. The maximum absolute atomic E-state index is 5.66. The molecule has 0 aliphatic rings. The fourth-order valence-electron chi connectivity index (χ4n) is 3.67. The topological polar surface area (TPSA) is 86.6 Å². The maximum atomic E-state index is 5.66. The zero-order valence-corrected chi connectivity index (χ0v) is 16.7. The Morgan fingerprint density at radius 2 is 1.70 bits per heavy atom. The molecule has 0 saturated carbocycles. The highest BCUT2D eigenvalue weighted by atomic mass is 16.5. The van der Waals surface area contributed by atoms with E-state index in [1.807, 2.05) is 48.7 Å². The van der Waals surface area contributed by atoms with E-state index in [1.165, 1.54) is 0 Å². The van der Waals surface area contributed by atoms with E-state index in [9.17, 15) is 0 Å². The first kappa shape index (κ1) is 18.0. The number of H-pyrrole nitrogens is 1. The van der Waals surface area contributed by atoms with Gasteiger partial charge in [-0.05, 0) is 24.3 Å². The van der Waals surface area contributed by atoms with Crippen LogP contribution in [-0.4, -0.2) is 45.9 Å². The van der Waals surface area contributed by atoms with Crippen molar-refractivity contribution in [2.75, 3.05) is 21.3 Å². The van der Waals surface area contributed by atoms with Gasteiger partial charge in [0.05, 0.1) is 27.0 Å². The van der Waals surface area contributed by atoms with E-state index in [2.05, 4.69) is 15.0 Å². The Kier molecular flexibility index (Phi) is 4.24. The van der Waals surface area contributed by atoms with Crippen LogP contribution >= 0.6 is 0 Å². The normalized spacial score (nSPS) is 11.2. The van der Waals surface area contributed by atoms with Crippen LogP contribution in [-0.2, 0) is 0 Å². The summed E-state index contributed by atoms with van der Waals surface area (Å²) in [4.78, 5) is 12.3. The van der Waals surface area contributed by atoms with Crippen LogP contribution in [0.5, 0.6) is 17.2 Å². The van der Waals surface area contributed by atoms with Crippen LogP contribution in [0.25, 0.3) is 39.3 Å². The number of hydrogen-bond donors (Lipinski definition) is 1. The number of para-hydroxylation sites is 1. The molecule has 0 bridgehead atoms. The highest BCUT2D eigenvalue weighted by Gasteiger charge is 2.21. The molecule has 0 atom stereocenters. The predicted molar refractivity (Wildman–Crippen MR) is 113 cm³/mol. The first-order chi connectivity index (χ1) is 14.7. The Morgan fingerprint density at radius 3 is 2.50 bits per heavy atom. The van der Waals surface area contributed by atoms with Crippen molar-refractivity contribution in [2.24, 2.45) is 0 Å². The van der Waals surface area contributed by atoms with E-state index >= 15 is 0 Å². The molecule has 150 valence electrons. The van der Waals surface area contributed by atoms with Gasteiger partial charge >= 0.3 is 0 Å². The lowest BCUT2D eigenvalue weighted by Crippen LogP contribution is -2.01. The summed E-state index contributed by atoms with van der Waals surface area (Å²) in [6.07, 6.45) is 3.62. The first-order valence-corrected chi connectivity index (χ1v) is 9.32. The summed E-state index contributed by atoms with van der Waals surface area (Å²) in [6, 6.07) is 13.6. The number of aromatic amines is 1. The fourth-order valence-corrected chi connectivity index (χ4v) is 3.67. The molecule has 2 aromatic carbocycles. The summed E-state index contributed by atoms with van der Waals surface area (Å²) in [5.74, 6) is 2.73. The van der Waals surface area contributed by atoms with Crippen LogP contribution in [0.15, 0.2) is 54.9 Å². The molecule has 0 radical (unpaired) electrons. The monoisotopic (exact) mass is 401 g/mol. The van der Waals surface area contributed by atoms with Crippen molar-refractivity contribution in [2.45, 2.75) is 0 Å². The Hall–Kier alpha value is -4.07. The zero-order valence-electron chi connectivity index (χ0n) is 16.7. The standard InChI is InChI=1S/C22H19N5O3/c1-28-18-9-8-14(19(29-2)20(18)30-3)17-10-11-23-22-25-21(26-27(17)22)15-12-24-16-7-5-4-6-13(15)16/h4-12,24H,1-3H3. The number of aromatic nitrogens is 5. The van der Waals surface area contributed by atoms with Crippen molar-refractivity contribution in [1.82, 2.24) is 24.6 Å². The van der Waals surface area contributed by atoms with Gasteiger partial charge in [-0.1, -0.05) is 18.2 Å². The summed E-state index contributed by atoms with van der Waals surface area (Å²) >= 11 is 0. The van der Waals surface area contributed by atoms with E-state index in [4.69, 9.17) is 19.3 Å². The highest BCUT2D eigenvalue weighted by molar-refractivity contribution is 5.93. The molecule has 8 heteroatoms. The highest BCUT2D eigenvalue weighted by Crippen LogP contribution is 2.44. The van der Waals surface area contributed by atoms with Gasteiger partial charge in [-0.25, -0.2) is 4.98 Å². The van der Waals surface area contributed by atoms with Crippen molar-refractivity contribution in [3.8, 4) is 39.9 Å². The van der Waals surface area contributed by atoms with Crippen molar-refractivity contribution >= 4 is 16.7 Å². The molecule has 0 aliphatic heterocycles. The quantitative estimate of drug-likeness (QED) is 0.480. The third-order valence-electron chi connectivity index (χ3n) is 5.05. The zero-order chi connectivity index (χ0) is 20.7. The average molecular weight is 401 g/mol. The Bertz CT molecular complexity index is 1370. The molecule has 3 heterocycles. The molecular weight excluding hydrogens is 382 g/mol. The van der Waals surface area contributed by atoms with Gasteiger partial charge in [0.2, 0.25) is 5.75 Å². The molecule has 8 nitrogen and oxygen atoms in total. The van der Waals surface area contributed by atoms with Crippen molar-refractivity contribution < 1.29 is 14.2 Å². The van der Waals surface area contributed by atoms with Crippen LogP contribution in [0, 0.1) is 0 Å². The summed E-state index contributed by atoms with van der Waals surface area (Å²) in [6.45, 7) is 0. The third kappa shape index (κ3) is 2.65. The lowest BCUT2D eigenvalue weighted by Gasteiger charge is -2.16. The number of hydrogen-bond acceptors (Lipinski definition) is 6. The summed E-state index contributed by atoms with van der Waals surface area (Å²) in [5.41, 5.74) is 3.51. The van der Waals surface area contributed by atoms with Gasteiger partial charge in [0.15, 0.2) is 17.3 Å². The van der Waals surface area contributed by atoms with E-state index in [1.54, 1.807) is 32.0 Å². The second kappa shape index (κ2) is 7.07. The van der Waals surface area contributed by atoms with Crippen LogP contribution < -0.4 is 14.2 Å². The van der Waals surface area contributed by atoms with Crippen LogP contribution in [0.1, 0.15) is 0 Å². The number of rotatable bonds is 5. The van der Waals surface area contributed by atoms with Crippen LogP contribution in [0.4, 0.5) is 0 Å². The number of nitrogens with zero attached hydrogens (tertiary/aromatic N) is 4. The molecule has 0 amide bonds. The molecule has 30 heavy (non-hydrogen) atoms. The molecule has 0 unspecified atom stereocenters. The van der Waals surface area contributed by atoms with Crippen molar-refractivity contribution in [1.29, 1.82) is 0 Å². The smallest absolute Gasteiger partial charge is 0.253 e. The van der Waals surface area contributed by atoms with E-state index in [-0.39, 0.29) is 0 Å². The predicted octanol–water partition coefficient (Wildman–Crippen LogP) is 3.97.